The Hall–Kier alpha value is -0.500. The summed E-state index contributed by atoms with van der Waals surface area (Å²) in [4.78, 5) is 4.68. The average Bonchev–Trinajstić information content (AvgIpc) is 2.83. The van der Waals surface area contributed by atoms with Crippen molar-refractivity contribution in [2.75, 3.05) is 0 Å². The zero-order chi connectivity index (χ0) is 12.7. The van der Waals surface area contributed by atoms with Gasteiger partial charge in [0.25, 0.3) is 0 Å². The van der Waals surface area contributed by atoms with Crippen molar-refractivity contribution in [1.82, 2.24) is 4.98 Å². The maximum absolute atomic E-state index is 6.33. The van der Waals surface area contributed by atoms with Gasteiger partial charge < -0.3 is 0 Å². The van der Waals surface area contributed by atoms with E-state index in [-0.39, 0.29) is 0 Å². The van der Waals surface area contributed by atoms with Crippen molar-refractivity contribution in [3.63, 3.8) is 0 Å². The molecular weight excluding hydrogens is 289 g/mol. The number of hydrogen-bond acceptors (Lipinski definition) is 1. The molecule has 1 aromatic heterocycles. The number of fused-ring (bicyclic) bond motifs is 1. The third-order valence-corrected chi connectivity index (χ3v) is 4.39. The second-order valence-corrected chi connectivity index (χ2v) is 6.04. The topological polar surface area (TPSA) is 12.9 Å². The molecule has 1 saturated carbocycles. The van der Waals surface area contributed by atoms with E-state index < -0.39 is 0 Å². The molecule has 0 unspecified atom stereocenters. The van der Waals surface area contributed by atoms with Crippen molar-refractivity contribution in [3.8, 4) is 0 Å². The monoisotopic (exact) mass is 299 g/mol. The first-order chi connectivity index (χ1) is 8.65. The number of nitrogens with zero attached hydrogens (tertiary/aromatic N) is 1. The molecule has 2 aromatic rings. The number of rotatable bonds is 1. The summed E-state index contributed by atoms with van der Waals surface area (Å²) in [5.41, 5.74) is 1.82. The minimum atomic E-state index is 0.527. The van der Waals surface area contributed by atoms with Crippen LogP contribution in [0.15, 0.2) is 18.2 Å². The fraction of sp³-hybridized carbons (Fsp3) is 0.357. The van der Waals surface area contributed by atoms with Crippen LogP contribution in [0.5, 0.6) is 0 Å². The molecule has 0 saturated heterocycles. The first-order valence-corrected chi connectivity index (χ1v) is 7.24. The highest BCUT2D eigenvalue weighted by molar-refractivity contribution is 6.41. The second kappa shape index (κ2) is 4.88. The van der Waals surface area contributed by atoms with Crippen molar-refractivity contribution >= 4 is 45.7 Å². The van der Waals surface area contributed by atoms with Gasteiger partial charge in [-0.25, -0.2) is 0 Å². The van der Waals surface area contributed by atoms with Gasteiger partial charge >= 0.3 is 0 Å². The third kappa shape index (κ3) is 2.20. The predicted molar refractivity (Wildman–Crippen MR) is 78.0 cm³/mol. The molecular formula is C14H12Cl3N. The van der Waals surface area contributed by atoms with Crippen LogP contribution in [-0.2, 0) is 0 Å². The van der Waals surface area contributed by atoms with Gasteiger partial charge in [0.05, 0.1) is 15.6 Å². The summed E-state index contributed by atoms with van der Waals surface area (Å²) >= 11 is 18.5. The first-order valence-electron chi connectivity index (χ1n) is 6.10. The van der Waals surface area contributed by atoms with Gasteiger partial charge in [-0.3, -0.25) is 4.98 Å². The Morgan fingerprint density at radius 2 is 1.67 bits per heavy atom. The highest BCUT2D eigenvalue weighted by atomic mass is 35.5. The molecule has 1 heterocycles. The van der Waals surface area contributed by atoms with Crippen LogP contribution in [-0.4, -0.2) is 4.98 Å². The number of benzene rings is 1. The Balaban J connectivity index is 2.20. The van der Waals surface area contributed by atoms with Crippen LogP contribution >= 0.6 is 34.8 Å². The van der Waals surface area contributed by atoms with Crippen molar-refractivity contribution in [1.29, 1.82) is 0 Å². The standard InChI is InChI=1S/C14H12Cl3N/c15-9-5-10-11(16)7-13(8-3-1-2-4-8)18-14(10)12(17)6-9/h5-8H,1-4H2. The van der Waals surface area contributed by atoms with Crippen molar-refractivity contribution < 1.29 is 0 Å². The Morgan fingerprint density at radius 3 is 2.39 bits per heavy atom. The average molecular weight is 301 g/mol. The summed E-state index contributed by atoms with van der Waals surface area (Å²) in [5.74, 6) is 0.527. The van der Waals surface area contributed by atoms with Crippen LogP contribution in [0, 0.1) is 0 Å². The molecule has 1 nitrogen and oxygen atoms in total. The van der Waals surface area contributed by atoms with E-state index in [1.807, 2.05) is 12.1 Å². The number of aromatic nitrogens is 1. The second-order valence-electron chi connectivity index (χ2n) is 4.79. The lowest BCUT2D eigenvalue weighted by molar-refractivity contribution is 0.701. The predicted octanol–water partition coefficient (Wildman–Crippen LogP) is 5.85. The van der Waals surface area contributed by atoms with Crippen LogP contribution in [0.2, 0.25) is 15.1 Å². The van der Waals surface area contributed by atoms with Crippen LogP contribution in [0.1, 0.15) is 37.3 Å². The highest BCUT2D eigenvalue weighted by Crippen LogP contribution is 2.38. The maximum atomic E-state index is 6.33. The van der Waals surface area contributed by atoms with E-state index in [1.165, 1.54) is 25.7 Å². The lowest BCUT2D eigenvalue weighted by atomic mass is 10.0. The largest absolute Gasteiger partial charge is 0.251 e. The fourth-order valence-electron chi connectivity index (χ4n) is 2.66. The normalized spacial score (nSPS) is 16.6. The molecule has 4 heteroatoms. The Kier molecular flexibility index (Phi) is 3.40. The molecule has 0 atom stereocenters. The van der Waals surface area contributed by atoms with Gasteiger partial charge in [0.15, 0.2) is 0 Å². The molecule has 0 N–H and O–H groups in total. The van der Waals surface area contributed by atoms with E-state index in [1.54, 1.807) is 6.07 Å². The summed E-state index contributed by atoms with van der Waals surface area (Å²) in [5, 5.41) is 2.67. The summed E-state index contributed by atoms with van der Waals surface area (Å²) in [6.45, 7) is 0. The highest BCUT2D eigenvalue weighted by Gasteiger charge is 2.20. The van der Waals surface area contributed by atoms with Crippen LogP contribution in [0.4, 0.5) is 0 Å². The SMILES string of the molecule is Clc1cc(Cl)c2nc(C3CCCC3)cc(Cl)c2c1. The van der Waals surface area contributed by atoms with E-state index in [0.29, 0.717) is 21.0 Å². The molecule has 0 radical (unpaired) electrons. The summed E-state index contributed by atoms with van der Waals surface area (Å²) in [7, 11) is 0. The minimum Gasteiger partial charge on any atom is -0.251 e. The first kappa shape index (κ1) is 12.5. The molecule has 1 aliphatic rings. The van der Waals surface area contributed by atoms with Gasteiger partial charge in [-0.1, -0.05) is 47.6 Å². The smallest absolute Gasteiger partial charge is 0.0907 e. The number of pyridine rings is 1. The zero-order valence-electron chi connectivity index (χ0n) is 9.72. The summed E-state index contributed by atoms with van der Waals surface area (Å²) < 4.78 is 0. The zero-order valence-corrected chi connectivity index (χ0v) is 12.0. The molecule has 94 valence electrons. The Labute approximate surface area is 121 Å². The van der Waals surface area contributed by atoms with Crippen molar-refractivity contribution in [2.24, 2.45) is 0 Å². The van der Waals surface area contributed by atoms with Gasteiger partial charge in [-0.15, -0.1) is 0 Å². The van der Waals surface area contributed by atoms with E-state index >= 15 is 0 Å². The van der Waals surface area contributed by atoms with E-state index in [2.05, 4.69) is 4.98 Å². The lowest BCUT2D eigenvalue weighted by Crippen LogP contribution is -1.97. The number of halogens is 3. The molecule has 0 amide bonds. The lowest BCUT2D eigenvalue weighted by Gasteiger charge is -2.12. The van der Waals surface area contributed by atoms with Crippen LogP contribution in [0.3, 0.4) is 0 Å². The molecule has 0 spiro atoms. The Morgan fingerprint density at radius 1 is 0.944 bits per heavy atom. The minimum absolute atomic E-state index is 0.527. The number of hydrogen-bond donors (Lipinski definition) is 0. The summed E-state index contributed by atoms with van der Waals surface area (Å²) in [6.07, 6.45) is 4.94. The van der Waals surface area contributed by atoms with Crippen molar-refractivity contribution in [3.05, 3.63) is 39.0 Å². The van der Waals surface area contributed by atoms with Gasteiger partial charge in [0.2, 0.25) is 0 Å². The maximum Gasteiger partial charge on any atom is 0.0907 e. The van der Waals surface area contributed by atoms with E-state index in [0.717, 1.165) is 16.6 Å². The van der Waals surface area contributed by atoms with Gasteiger partial charge in [0.1, 0.15) is 0 Å². The molecule has 0 aliphatic heterocycles. The molecule has 0 bridgehead atoms. The van der Waals surface area contributed by atoms with E-state index in [4.69, 9.17) is 34.8 Å². The Bertz CT molecular complexity index is 604. The van der Waals surface area contributed by atoms with Gasteiger partial charge in [0, 0.05) is 22.0 Å². The molecule has 1 aromatic carbocycles. The fourth-order valence-corrected chi connectivity index (χ4v) is 3.45. The van der Waals surface area contributed by atoms with Crippen molar-refractivity contribution in [2.45, 2.75) is 31.6 Å². The van der Waals surface area contributed by atoms with Crippen LogP contribution in [0.25, 0.3) is 10.9 Å². The third-order valence-electron chi connectivity index (χ3n) is 3.57. The van der Waals surface area contributed by atoms with Gasteiger partial charge in [-0.05, 0) is 31.0 Å². The molecule has 3 rings (SSSR count). The summed E-state index contributed by atoms with van der Waals surface area (Å²) in [6, 6.07) is 5.50. The van der Waals surface area contributed by atoms with E-state index in [9.17, 15) is 0 Å². The quantitative estimate of drug-likeness (QED) is 0.643. The molecule has 1 fully saturated rings. The van der Waals surface area contributed by atoms with Gasteiger partial charge in [-0.2, -0.15) is 0 Å². The van der Waals surface area contributed by atoms with Crippen LogP contribution < -0.4 is 0 Å². The molecule has 1 aliphatic carbocycles. The molecule has 18 heavy (non-hydrogen) atoms.